The first-order chi connectivity index (χ1) is 26.2. The number of aryl methyl sites for hydroxylation is 1. The van der Waals surface area contributed by atoms with E-state index in [1.54, 1.807) is 24.4 Å². The van der Waals surface area contributed by atoms with Crippen molar-refractivity contribution in [2.75, 3.05) is 11.9 Å². The molecule has 11 nitrogen and oxygen atoms in total. The lowest BCUT2D eigenvalue weighted by atomic mass is 10.0. The van der Waals surface area contributed by atoms with E-state index in [1.165, 1.54) is 12.1 Å². The predicted molar refractivity (Wildman–Crippen MR) is 210 cm³/mol. The molecule has 0 aliphatic carbocycles. The van der Waals surface area contributed by atoms with Crippen LogP contribution in [0.2, 0.25) is 5.02 Å². The van der Waals surface area contributed by atoms with Crippen LogP contribution in [0.1, 0.15) is 59.2 Å². The Balaban J connectivity index is 1.01. The van der Waals surface area contributed by atoms with Gasteiger partial charge in [0.25, 0.3) is 5.91 Å². The molecule has 6 rings (SSSR count). The molecule has 2 aromatic heterocycles. The lowest BCUT2D eigenvalue weighted by Gasteiger charge is -2.17. The number of hydrogen-bond acceptors (Lipinski definition) is 5. The van der Waals surface area contributed by atoms with Gasteiger partial charge in [0.15, 0.2) is 0 Å². The van der Waals surface area contributed by atoms with Gasteiger partial charge in [0.2, 0.25) is 11.8 Å². The van der Waals surface area contributed by atoms with Crippen molar-refractivity contribution in [1.29, 1.82) is 0 Å². The summed E-state index contributed by atoms with van der Waals surface area (Å²) in [6.07, 6.45) is 7.19. The molecule has 0 aliphatic rings. The first-order valence-corrected chi connectivity index (χ1v) is 18.3. The molecule has 6 aromatic rings. The van der Waals surface area contributed by atoms with Gasteiger partial charge in [-0.1, -0.05) is 66.6 Å². The number of benzene rings is 4. The Kier molecular flexibility index (Phi) is 12.6. The molecular formula is C42H42ClN5O6. The zero-order valence-electron chi connectivity index (χ0n) is 29.6. The average molecular weight is 748 g/mol. The summed E-state index contributed by atoms with van der Waals surface area (Å²) in [5.41, 5.74) is 5.19. The minimum Gasteiger partial charge on any atom is -0.487 e. The van der Waals surface area contributed by atoms with Crippen LogP contribution in [0.4, 0.5) is 5.69 Å². The molecule has 278 valence electrons. The Hall–Kier alpha value is -6.07. The highest BCUT2D eigenvalue weighted by molar-refractivity contribution is 6.30. The number of anilines is 1. The van der Waals surface area contributed by atoms with Gasteiger partial charge in [-0.15, -0.1) is 0 Å². The fourth-order valence-corrected chi connectivity index (χ4v) is 6.42. The van der Waals surface area contributed by atoms with Crippen LogP contribution in [0.3, 0.4) is 0 Å². The SMILES string of the molecule is O=C(CCc1c[nH]c2ccccc12)NCCCCCC(=O)Nc1ccc(C(=O)N[C@@H](Cc2c[nH]c3ccccc23)C(=O)O)cc1OCc1ccc(Cl)cc1. The van der Waals surface area contributed by atoms with Gasteiger partial charge in [-0.05, 0) is 78.4 Å². The second-order valence-corrected chi connectivity index (χ2v) is 13.6. The van der Waals surface area contributed by atoms with Gasteiger partial charge >= 0.3 is 5.97 Å². The van der Waals surface area contributed by atoms with E-state index in [-0.39, 0.29) is 42.6 Å². The van der Waals surface area contributed by atoms with Crippen molar-refractivity contribution in [1.82, 2.24) is 20.6 Å². The van der Waals surface area contributed by atoms with Gasteiger partial charge in [0, 0.05) is 70.6 Å². The van der Waals surface area contributed by atoms with E-state index in [0.717, 1.165) is 51.3 Å². The number of amides is 3. The Morgan fingerprint density at radius 2 is 1.44 bits per heavy atom. The summed E-state index contributed by atoms with van der Waals surface area (Å²) in [7, 11) is 0. The summed E-state index contributed by atoms with van der Waals surface area (Å²) in [4.78, 5) is 57.4. The molecule has 12 heteroatoms. The van der Waals surface area contributed by atoms with Gasteiger partial charge in [0.1, 0.15) is 18.4 Å². The number of aliphatic carboxylic acids is 1. The lowest BCUT2D eigenvalue weighted by Crippen LogP contribution is -2.42. The molecule has 0 saturated heterocycles. The number of rotatable bonds is 18. The number of aromatic nitrogens is 2. The Bertz CT molecular complexity index is 2250. The van der Waals surface area contributed by atoms with Gasteiger partial charge in [0.05, 0.1) is 5.69 Å². The third kappa shape index (κ3) is 10.1. The summed E-state index contributed by atoms with van der Waals surface area (Å²) in [5, 5.41) is 21.1. The fourth-order valence-electron chi connectivity index (χ4n) is 6.29. The zero-order valence-corrected chi connectivity index (χ0v) is 30.4. The molecule has 0 unspecified atom stereocenters. The number of carboxylic acids is 1. The molecule has 0 saturated carbocycles. The van der Waals surface area contributed by atoms with Crippen molar-refractivity contribution in [3.63, 3.8) is 0 Å². The maximum Gasteiger partial charge on any atom is 0.326 e. The minimum atomic E-state index is -1.19. The van der Waals surface area contributed by atoms with Crippen LogP contribution >= 0.6 is 11.6 Å². The van der Waals surface area contributed by atoms with Crippen molar-refractivity contribution < 1.29 is 29.0 Å². The number of nitrogens with one attached hydrogen (secondary N) is 5. The quantitative estimate of drug-likeness (QED) is 0.0497. The number of unbranched alkanes of at least 4 members (excludes halogenated alkanes) is 2. The van der Waals surface area contributed by atoms with Crippen LogP contribution < -0.4 is 20.7 Å². The smallest absolute Gasteiger partial charge is 0.326 e. The van der Waals surface area contributed by atoms with Gasteiger partial charge in [-0.3, -0.25) is 14.4 Å². The van der Waals surface area contributed by atoms with E-state index < -0.39 is 17.9 Å². The number of ether oxygens (including phenoxy) is 1. The zero-order chi connectivity index (χ0) is 37.9. The molecule has 2 heterocycles. The second kappa shape index (κ2) is 18.1. The van der Waals surface area contributed by atoms with Crippen molar-refractivity contribution in [3.8, 4) is 5.75 Å². The summed E-state index contributed by atoms with van der Waals surface area (Å²) in [6, 6.07) is 26.1. The van der Waals surface area contributed by atoms with Crippen molar-refractivity contribution >= 4 is 62.8 Å². The molecule has 54 heavy (non-hydrogen) atoms. The highest BCUT2D eigenvalue weighted by Gasteiger charge is 2.23. The number of fused-ring (bicyclic) bond motifs is 2. The van der Waals surface area contributed by atoms with E-state index in [9.17, 15) is 24.3 Å². The topological polar surface area (TPSA) is 165 Å². The first-order valence-electron chi connectivity index (χ1n) is 17.9. The molecule has 4 aromatic carbocycles. The summed E-state index contributed by atoms with van der Waals surface area (Å²) >= 11 is 6.04. The fraction of sp³-hybridized carbons (Fsp3) is 0.238. The third-order valence-corrected chi connectivity index (χ3v) is 9.48. The maximum atomic E-state index is 13.4. The van der Waals surface area contributed by atoms with E-state index in [1.807, 2.05) is 66.9 Å². The Labute approximate surface area is 317 Å². The molecule has 3 amide bonds. The molecule has 0 spiro atoms. The van der Waals surface area contributed by atoms with Gasteiger partial charge in [-0.25, -0.2) is 4.79 Å². The van der Waals surface area contributed by atoms with Crippen LogP contribution in [0, 0.1) is 0 Å². The largest absolute Gasteiger partial charge is 0.487 e. The minimum absolute atomic E-state index is 0.00551. The van der Waals surface area contributed by atoms with E-state index in [2.05, 4.69) is 25.9 Å². The number of para-hydroxylation sites is 2. The molecule has 0 aliphatic heterocycles. The summed E-state index contributed by atoms with van der Waals surface area (Å²) in [6.45, 7) is 0.669. The standard InChI is InChI=1S/C42H42ClN5O6/c43-31-17-13-27(14-18-31)26-54-38-23-28(41(51)48-37(42(52)53)22-30-25-46-35-11-6-4-9-33(30)35)15-19-36(38)47-40(50)12-2-1-7-21-44-39(49)20-16-29-24-45-34-10-5-3-8-32(29)34/h3-6,8-11,13-15,17-19,23-25,37,45-46H,1-2,7,12,16,20-22,26H2,(H,44,49)(H,47,50)(H,48,51)(H,52,53)/t37-/m0/s1. The first kappa shape index (κ1) is 37.7. The highest BCUT2D eigenvalue weighted by atomic mass is 35.5. The Morgan fingerprint density at radius 1 is 0.759 bits per heavy atom. The molecule has 0 radical (unpaired) electrons. The maximum absolute atomic E-state index is 13.4. The number of carbonyl (C=O) groups excluding carboxylic acids is 3. The average Bonchev–Trinajstić information content (AvgIpc) is 3.79. The van der Waals surface area contributed by atoms with E-state index in [4.69, 9.17) is 16.3 Å². The predicted octanol–water partition coefficient (Wildman–Crippen LogP) is 7.56. The van der Waals surface area contributed by atoms with Crippen molar-refractivity contribution in [3.05, 3.63) is 131 Å². The third-order valence-electron chi connectivity index (χ3n) is 9.23. The van der Waals surface area contributed by atoms with E-state index >= 15 is 0 Å². The molecule has 1 atom stereocenters. The van der Waals surface area contributed by atoms with Crippen LogP contribution in [0.15, 0.2) is 103 Å². The van der Waals surface area contributed by atoms with Crippen LogP contribution in [-0.2, 0) is 33.8 Å². The normalized spacial score (nSPS) is 11.6. The Morgan fingerprint density at radius 3 is 2.17 bits per heavy atom. The number of aromatic amines is 2. The van der Waals surface area contributed by atoms with Crippen molar-refractivity contribution in [2.24, 2.45) is 0 Å². The van der Waals surface area contributed by atoms with E-state index in [0.29, 0.717) is 36.5 Å². The van der Waals surface area contributed by atoms with Gasteiger partial charge in [-0.2, -0.15) is 0 Å². The summed E-state index contributed by atoms with van der Waals surface area (Å²) in [5.74, 6) is -1.74. The van der Waals surface area contributed by atoms with Crippen LogP contribution in [0.5, 0.6) is 5.75 Å². The number of carboxylic acid groups (broad SMARTS) is 1. The second-order valence-electron chi connectivity index (χ2n) is 13.1. The number of H-pyrrole nitrogens is 2. The highest BCUT2D eigenvalue weighted by Crippen LogP contribution is 2.28. The van der Waals surface area contributed by atoms with Gasteiger partial charge < -0.3 is 35.8 Å². The molecule has 0 fully saturated rings. The molecular weight excluding hydrogens is 706 g/mol. The van der Waals surface area contributed by atoms with Crippen molar-refractivity contribution in [2.45, 2.75) is 57.6 Å². The number of hydrogen-bond donors (Lipinski definition) is 6. The molecule has 6 N–H and O–H groups in total. The number of halogens is 1. The molecule has 0 bridgehead atoms. The monoisotopic (exact) mass is 747 g/mol. The van der Waals surface area contributed by atoms with Crippen LogP contribution in [-0.4, -0.2) is 51.4 Å². The lowest BCUT2D eigenvalue weighted by molar-refractivity contribution is -0.139. The summed E-state index contributed by atoms with van der Waals surface area (Å²) < 4.78 is 6.08. The van der Waals surface area contributed by atoms with Crippen LogP contribution in [0.25, 0.3) is 21.8 Å². The number of carbonyl (C=O) groups is 4.